The number of amides is 1. The van der Waals surface area contributed by atoms with Crippen molar-refractivity contribution in [3.05, 3.63) is 63.6 Å². The minimum Gasteiger partial charge on any atom is -0.298 e. The molecule has 9 heteroatoms. The highest BCUT2D eigenvalue weighted by molar-refractivity contribution is 6.42. The summed E-state index contributed by atoms with van der Waals surface area (Å²) >= 11 is 11.6. The molecule has 0 atom stereocenters. The Morgan fingerprint density at radius 3 is 2.33 bits per heavy atom. The van der Waals surface area contributed by atoms with Gasteiger partial charge in [-0.15, -0.1) is 0 Å². The molecule has 4 nitrogen and oxygen atoms in total. The molecule has 0 heterocycles. The number of carbonyl (C=O) groups excluding carboxylic acids is 1. The fourth-order valence-electron chi connectivity index (χ4n) is 1.61. The lowest BCUT2D eigenvalue weighted by Gasteiger charge is -2.07. The number of rotatable bonds is 3. The molecular weight excluding hydrogens is 368 g/mol. The monoisotopic (exact) mass is 376 g/mol. The Morgan fingerprint density at radius 1 is 1.08 bits per heavy atom. The molecule has 0 radical (unpaired) electrons. The minimum atomic E-state index is -4.44. The lowest BCUT2D eigenvalue weighted by Crippen LogP contribution is -2.11. The number of nitrogens with one attached hydrogen (secondary N) is 1. The maximum absolute atomic E-state index is 12.4. The van der Waals surface area contributed by atoms with E-state index < -0.39 is 17.8 Å². The summed E-state index contributed by atoms with van der Waals surface area (Å²) in [7, 11) is 0. The summed E-state index contributed by atoms with van der Waals surface area (Å²) in [6, 6.07) is 8.57. The van der Waals surface area contributed by atoms with Gasteiger partial charge >= 0.3 is 12.3 Å². The van der Waals surface area contributed by atoms with Gasteiger partial charge in [-0.3, -0.25) is 10.2 Å². The van der Waals surface area contributed by atoms with Gasteiger partial charge in [-0.05, 0) is 42.0 Å². The van der Waals surface area contributed by atoms with Crippen LogP contribution in [0.15, 0.2) is 47.6 Å². The summed E-state index contributed by atoms with van der Waals surface area (Å²) in [5, 5.41) is 6.37. The van der Waals surface area contributed by atoms with Crippen molar-refractivity contribution in [1.82, 2.24) is 0 Å². The molecule has 2 aromatic rings. The molecule has 0 saturated heterocycles. The maximum Gasteiger partial charge on any atom is 0.437 e. The predicted octanol–water partition coefficient (Wildman–Crippen LogP) is 5.59. The Labute approximate surface area is 144 Å². The Hall–Kier alpha value is -2.25. The van der Waals surface area contributed by atoms with Gasteiger partial charge in [0.1, 0.15) is 0 Å². The molecule has 0 aliphatic heterocycles. The van der Waals surface area contributed by atoms with E-state index in [0.29, 0.717) is 15.6 Å². The first kappa shape index (κ1) is 18.1. The van der Waals surface area contributed by atoms with Gasteiger partial charge in [0.05, 0.1) is 21.8 Å². The van der Waals surface area contributed by atoms with Gasteiger partial charge in [0.2, 0.25) is 0 Å². The van der Waals surface area contributed by atoms with Crippen molar-refractivity contribution in [3.8, 4) is 0 Å². The van der Waals surface area contributed by atoms with Crippen LogP contribution in [0.25, 0.3) is 0 Å². The molecule has 0 aliphatic carbocycles. The number of benzene rings is 2. The molecule has 1 amide bonds. The maximum atomic E-state index is 12.4. The zero-order valence-electron chi connectivity index (χ0n) is 11.8. The normalized spacial score (nSPS) is 11.5. The summed E-state index contributed by atoms with van der Waals surface area (Å²) in [4.78, 5) is 16.0. The van der Waals surface area contributed by atoms with Gasteiger partial charge in [0.15, 0.2) is 0 Å². The van der Waals surface area contributed by atoms with Gasteiger partial charge < -0.3 is 0 Å². The van der Waals surface area contributed by atoms with Crippen LogP contribution in [0.3, 0.4) is 0 Å². The zero-order chi connectivity index (χ0) is 17.7. The third kappa shape index (κ3) is 5.14. The average molecular weight is 377 g/mol. The summed E-state index contributed by atoms with van der Waals surface area (Å²) in [5.41, 5.74) is -0.136. The number of anilines is 1. The third-order valence-electron chi connectivity index (χ3n) is 2.74. The topological polar surface area (TPSA) is 50.7 Å². The fourth-order valence-corrected chi connectivity index (χ4v) is 1.92. The summed E-state index contributed by atoms with van der Waals surface area (Å²) in [5.74, 6) is 0. The first-order chi connectivity index (χ1) is 11.3. The quantitative estimate of drug-likeness (QED) is 0.430. The molecule has 24 heavy (non-hydrogen) atoms. The summed E-state index contributed by atoms with van der Waals surface area (Å²) in [6.45, 7) is 0. The Balaban J connectivity index is 1.91. The molecule has 126 valence electrons. The molecule has 0 unspecified atom stereocenters. The third-order valence-corrected chi connectivity index (χ3v) is 3.48. The SMILES string of the molecule is O=C(Nc1ccc(C(F)(F)F)cc1)O/N=C/c1ccc(Cl)c(Cl)c1. The second-order valence-corrected chi connectivity index (χ2v) is 5.30. The zero-order valence-corrected chi connectivity index (χ0v) is 13.3. The van der Waals surface area contributed by atoms with Crippen LogP contribution in [-0.2, 0) is 11.0 Å². The number of carbonyl (C=O) groups is 1. The minimum absolute atomic E-state index is 0.137. The highest BCUT2D eigenvalue weighted by Gasteiger charge is 2.29. The number of halogens is 5. The van der Waals surface area contributed by atoms with E-state index in [2.05, 4.69) is 15.3 Å². The van der Waals surface area contributed by atoms with Crippen molar-refractivity contribution < 1.29 is 22.8 Å². The van der Waals surface area contributed by atoms with Gasteiger partial charge in [0.25, 0.3) is 0 Å². The van der Waals surface area contributed by atoms with Crippen LogP contribution in [0, 0.1) is 0 Å². The van der Waals surface area contributed by atoms with Crippen molar-refractivity contribution in [2.75, 3.05) is 5.32 Å². The van der Waals surface area contributed by atoms with E-state index in [4.69, 9.17) is 23.2 Å². The van der Waals surface area contributed by atoms with Crippen molar-refractivity contribution >= 4 is 41.2 Å². The Bertz CT molecular complexity index is 762. The molecule has 2 rings (SSSR count). The van der Waals surface area contributed by atoms with Crippen molar-refractivity contribution in [2.24, 2.45) is 5.16 Å². The van der Waals surface area contributed by atoms with Crippen LogP contribution < -0.4 is 5.32 Å². The summed E-state index contributed by atoms with van der Waals surface area (Å²) < 4.78 is 37.2. The molecule has 1 N–H and O–H groups in total. The van der Waals surface area contributed by atoms with Crippen LogP contribution in [-0.4, -0.2) is 12.3 Å². The van der Waals surface area contributed by atoms with Crippen molar-refractivity contribution in [1.29, 1.82) is 0 Å². The van der Waals surface area contributed by atoms with Gasteiger partial charge in [-0.2, -0.15) is 13.2 Å². The van der Waals surface area contributed by atoms with Crippen LogP contribution in [0.4, 0.5) is 23.7 Å². The molecule has 0 aliphatic rings. The number of nitrogens with zero attached hydrogens (tertiary/aromatic N) is 1. The van der Waals surface area contributed by atoms with Crippen molar-refractivity contribution in [3.63, 3.8) is 0 Å². The second-order valence-electron chi connectivity index (χ2n) is 4.49. The molecule has 0 spiro atoms. The Morgan fingerprint density at radius 2 is 1.75 bits per heavy atom. The summed E-state index contributed by atoms with van der Waals surface area (Å²) in [6.07, 6.45) is -4.16. The van der Waals surface area contributed by atoms with E-state index in [1.807, 2.05) is 0 Å². The first-order valence-corrected chi connectivity index (χ1v) is 7.15. The number of alkyl halides is 3. The molecule has 0 saturated carbocycles. The molecule has 0 bridgehead atoms. The molecule has 2 aromatic carbocycles. The van der Waals surface area contributed by atoms with Crippen LogP contribution in [0.1, 0.15) is 11.1 Å². The lowest BCUT2D eigenvalue weighted by molar-refractivity contribution is -0.137. The van der Waals surface area contributed by atoms with Crippen LogP contribution in [0.2, 0.25) is 10.0 Å². The Kier molecular flexibility index (Phi) is 5.69. The van der Waals surface area contributed by atoms with E-state index in [0.717, 1.165) is 24.3 Å². The average Bonchev–Trinajstić information content (AvgIpc) is 2.50. The molecule has 0 aromatic heterocycles. The first-order valence-electron chi connectivity index (χ1n) is 6.39. The van der Waals surface area contributed by atoms with E-state index in [1.54, 1.807) is 12.1 Å². The van der Waals surface area contributed by atoms with Gasteiger partial charge in [0, 0.05) is 5.69 Å². The largest absolute Gasteiger partial charge is 0.437 e. The second kappa shape index (κ2) is 7.55. The van der Waals surface area contributed by atoms with E-state index in [1.165, 1.54) is 12.3 Å². The number of oxime groups is 1. The molecule has 0 fully saturated rings. The van der Waals surface area contributed by atoms with E-state index >= 15 is 0 Å². The van der Waals surface area contributed by atoms with Crippen LogP contribution in [0.5, 0.6) is 0 Å². The predicted molar refractivity (Wildman–Crippen MR) is 85.6 cm³/mol. The van der Waals surface area contributed by atoms with Gasteiger partial charge in [-0.25, -0.2) is 4.79 Å². The number of hydrogen-bond donors (Lipinski definition) is 1. The molecular formula is C15H9Cl2F3N2O2. The standard InChI is InChI=1S/C15H9Cl2F3N2O2/c16-12-6-1-9(7-13(12)17)8-21-24-14(23)22-11-4-2-10(3-5-11)15(18,19)20/h1-8H,(H,22,23)/b21-8+. The lowest BCUT2D eigenvalue weighted by atomic mass is 10.2. The fraction of sp³-hybridized carbons (Fsp3) is 0.0667. The smallest absolute Gasteiger partial charge is 0.298 e. The van der Waals surface area contributed by atoms with E-state index in [9.17, 15) is 18.0 Å². The number of hydrogen-bond acceptors (Lipinski definition) is 3. The van der Waals surface area contributed by atoms with Crippen LogP contribution >= 0.6 is 23.2 Å². The van der Waals surface area contributed by atoms with Crippen molar-refractivity contribution in [2.45, 2.75) is 6.18 Å². The highest BCUT2D eigenvalue weighted by atomic mass is 35.5. The highest BCUT2D eigenvalue weighted by Crippen LogP contribution is 2.29. The van der Waals surface area contributed by atoms with Gasteiger partial charge in [-0.1, -0.05) is 34.4 Å². The van der Waals surface area contributed by atoms with E-state index in [-0.39, 0.29) is 5.69 Å².